The molecule has 132 valence electrons. The predicted octanol–water partition coefficient (Wildman–Crippen LogP) is 2.91. The summed E-state index contributed by atoms with van der Waals surface area (Å²) in [5.74, 6) is 0.335. The molecule has 2 heterocycles. The van der Waals surface area contributed by atoms with E-state index in [-0.39, 0.29) is 22.8 Å². The maximum absolute atomic E-state index is 12.6. The van der Waals surface area contributed by atoms with Gasteiger partial charge in [0.1, 0.15) is 0 Å². The Balaban J connectivity index is 1.57. The van der Waals surface area contributed by atoms with Crippen molar-refractivity contribution in [2.45, 2.75) is 43.7 Å². The fraction of sp³-hybridized carbons (Fsp3) is 0.389. The van der Waals surface area contributed by atoms with E-state index in [4.69, 9.17) is 0 Å². The molecule has 2 aliphatic rings. The minimum atomic E-state index is -3.56. The number of benzene rings is 1. The van der Waals surface area contributed by atoms with Crippen molar-refractivity contribution < 1.29 is 13.2 Å². The van der Waals surface area contributed by atoms with Crippen LogP contribution in [0.1, 0.15) is 30.2 Å². The number of carbonyl (C=O) groups excluding carboxylic acids is 1. The van der Waals surface area contributed by atoms with E-state index in [1.807, 2.05) is 29.3 Å². The van der Waals surface area contributed by atoms with Gasteiger partial charge in [0.05, 0.1) is 4.90 Å². The Morgan fingerprint density at radius 2 is 2.12 bits per heavy atom. The third-order valence-corrected chi connectivity index (χ3v) is 7.03. The maximum Gasteiger partial charge on any atom is 0.240 e. The summed E-state index contributed by atoms with van der Waals surface area (Å²) < 4.78 is 27.8. The van der Waals surface area contributed by atoms with Crippen LogP contribution in [0.25, 0.3) is 0 Å². The van der Waals surface area contributed by atoms with Gasteiger partial charge < -0.3 is 4.90 Å². The van der Waals surface area contributed by atoms with E-state index >= 15 is 0 Å². The first-order valence-electron chi connectivity index (χ1n) is 8.44. The molecule has 0 saturated heterocycles. The molecule has 1 atom stereocenters. The molecule has 1 fully saturated rings. The van der Waals surface area contributed by atoms with Crippen LogP contribution in [0.15, 0.2) is 40.6 Å². The van der Waals surface area contributed by atoms with E-state index in [1.54, 1.807) is 18.2 Å². The molecule has 0 spiro atoms. The molecule has 5 nitrogen and oxygen atoms in total. The second kappa shape index (κ2) is 6.23. The Bertz CT molecular complexity index is 902. The summed E-state index contributed by atoms with van der Waals surface area (Å²) in [7, 11) is -3.56. The summed E-state index contributed by atoms with van der Waals surface area (Å²) in [6, 6.07) is 8.97. The van der Waals surface area contributed by atoms with Crippen LogP contribution < -0.4 is 9.62 Å². The van der Waals surface area contributed by atoms with Crippen LogP contribution in [0.3, 0.4) is 0 Å². The Hall–Kier alpha value is -1.70. The fourth-order valence-corrected chi connectivity index (χ4v) is 5.09. The number of sulfonamides is 1. The van der Waals surface area contributed by atoms with Gasteiger partial charge in [0.2, 0.25) is 15.9 Å². The van der Waals surface area contributed by atoms with Gasteiger partial charge >= 0.3 is 0 Å². The molecule has 1 saturated carbocycles. The van der Waals surface area contributed by atoms with Gasteiger partial charge in [0.15, 0.2) is 0 Å². The second-order valence-corrected chi connectivity index (χ2v) is 9.53. The average Bonchev–Trinajstić information content (AvgIpc) is 3.19. The van der Waals surface area contributed by atoms with Gasteiger partial charge in [0.25, 0.3) is 0 Å². The van der Waals surface area contributed by atoms with Crippen molar-refractivity contribution in [3.63, 3.8) is 0 Å². The smallest absolute Gasteiger partial charge is 0.240 e. The van der Waals surface area contributed by atoms with Crippen LogP contribution in [0, 0.1) is 5.92 Å². The Morgan fingerprint density at radius 1 is 1.32 bits per heavy atom. The summed E-state index contributed by atoms with van der Waals surface area (Å²) in [5, 5.41) is 1.92. The van der Waals surface area contributed by atoms with Gasteiger partial charge in [-0.2, -0.15) is 0 Å². The molecule has 1 unspecified atom stereocenters. The lowest BCUT2D eigenvalue weighted by atomic mass is 10.1. The Labute approximate surface area is 151 Å². The van der Waals surface area contributed by atoms with Crippen molar-refractivity contribution in [1.82, 2.24) is 4.72 Å². The first kappa shape index (κ1) is 16.8. The number of nitrogens with zero attached hydrogens (tertiary/aromatic N) is 1. The molecule has 1 aliphatic heterocycles. The van der Waals surface area contributed by atoms with Gasteiger partial charge in [-0.25, -0.2) is 13.1 Å². The Kier molecular flexibility index (Phi) is 4.17. The molecule has 0 bridgehead atoms. The van der Waals surface area contributed by atoms with Crippen LogP contribution >= 0.6 is 11.3 Å². The number of fused-ring (bicyclic) bond motifs is 1. The zero-order valence-electron chi connectivity index (χ0n) is 13.9. The molecule has 7 heteroatoms. The standard InChI is InChI=1S/C18H20N2O3S2/c1-12-9-14-10-16(25(22,23)19-11-15-3-2-8-24-15)6-7-17(14)20(12)18(21)13-4-5-13/h2-3,6-8,10,12-13,19H,4-5,9,11H2,1H3. The highest BCUT2D eigenvalue weighted by Gasteiger charge is 2.39. The minimum absolute atomic E-state index is 0.0835. The number of hydrogen-bond donors (Lipinski definition) is 1. The summed E-state index contributed by atoms with van der Waals surface area (Å²) in [6.45, 7) is 2.31. The molecular weight excluding hydrogens is 356 g/mol. The lowest BCUT2D eigenvalue weighted by molar-refractivity contribution is -0.120. The van der Waals surface area contributed by atoms with E-state index < -0.39 is 10.0 Å². The second-order valence-electron chi connectivity index (χ2n) is 6.73. The van der Waals surface area contributed by atoms with E-state index in [0.717, 1.165) is 29.0 Å². The summed E-state index contributed by atoms with van der Waals surface area (Å²) in [5.41, 5.74) is 1.79. The van der Waals surface area contributed by atoms with Crippen LogP contribution in [-0.2, 0) is 27.8 Å². The maximum atomic E-state index is 12.6. The number of amides is 1. The van der Waals surface area contributed by atoms with Crippen molar-refractivity contribution >= 4 is 33.0 Å². The van der Waals surface area contributed by atoms with Crippen molar-refractivity contribution in [1.29, 1.82) is 0 Å². The monoisotopic (exact) mass is 376 g/mol. The van der Waals surface area contributed by atoms with Crippen molar-refractivity contribution in [2.75, 3.05) is 4.90 Å². The quantitative estimate of drug-likeness (QED) is 0.872. The molecule has 4 rings (SSSR count). The van der Waals surface area contributed by atoms with Crippen LogP contribution in [0.2, 0.25) is 0 Å². The zero-order valence-corrected chi connectivity index (χ0v) is 15.6. The lowest BCUT2D eigenvalue weighted by Crippen LogP contribution is -2.36. The molecule has 1 amide bonds. The normalized spacial score (nSPS) is 19.9. The van der Waals surface area contributed by atoms with Crippen molar-refractivity contribution in [3.05, 3.63) is 46.2 Å². The van der Waals surface area contributed by atoms with Gasteiger partial charge in [-0.3, -0.25) is 4.79 Å². The Morgan fingerprint density at radius 3 is 2.80 bits per heavy atom. The molecule has 1 N–H and O–H groups in total. The third kappa shape index (κ3) is 3.23. The fourth-order valence-electron chi connectivity index (χ4n) is 3.30. The van der Waals surface area contributed by atoms with Crippen LogP contribution in [0.4, 0.5) is 5.69 Å². The number of nitrogens with one attached hydrogen (secondary N) is 1. The predicted molar refractivity (Wildman–Crippen MR) is 98.2 cm³/mol. The highest BCUT2D eigenvalue weighted by atomic mass is 32.2. The SMILES string of the molecule is CC1Cc2cc(S(=O)(=O)NCc3cccs3)ccc2N1C(=O)C1CC1. The molecule has 1 aromatic carbocycles. The average molecular weight is 377 g/mol. The van der Waals surface area contributed by atoms with Gasteiger partial charge in [-0.1, -0.05) is 6.07 Å². The highest BCUT2D eigenvalue weighted by molar-refractivity contribution is 7.89. The molecule has 1 aromatic heterocycles. The topological polar surface area (TPSA) is 66.5 Å². The highest BCUT2D eigenvalue weighted by Crippen LogP contribution is 2.39. The van der Waals surface area contributed by atoms with Crippen molar-refractivity contribution in [3.8, 4) is 0 Å². The minimum Gasteiger partial charge on any atom is -0.309 e. The molecule has 0 radical (unpaired) electrons. The number of carbonyl (C=O) groups is 1. The largest absolute Gasteiger partial charge is 0.309 e. The molecule has 1 aliphatic carbocycles. The summed E-state index contributed by atoms with van der Waals surface area (Å²) >= 11 is 1.52. The van der Waals surface area contributed by atoms with Crippen LogP contribution in [-0.4, -0.2) is 20.4 Å². The summed E-state index contributed by atoms with van der Waals surface area (Å²) in [6.07, 6.45) is 2.63. The zero-order chi connectivity index (χ0) is 17.6. The molecule has 2 aromatic rings. The third-order valence-electron chi connectivity index (χ3n) is 4.76. The first-order valence-corrected chi connectivity index (χ1v) is 10.8. The lowest BCUT2D eigenvalue weighted by Gasteiger charge is -2.22. The van der Waals surface area contributed by atoms with E-state index in [1.165, 1.54) is 11.3 Å². The number of rotatable bonds is 5. The molecule has 25 heavy (non-hydrogen) atoms. The van der Waals surface area contributed by atoms with Crippen LogP contribution in [0.5, 0.6) is 0 Å². The van der Waals surface area contributed by atoms with Crippen molar-refractivity contribution in [2.24, 2.45) is 5.92 Å². The van der Waals surface area contributed by atoms with E-state index in [2.05, 4.69) is 4.72 Å². The van der Waals surface area contributed by atoms with Gasteiger partial charge in [0, 0.05) is 29.1 Å². The number of hydrogen-bond acceptors (Lipinski definition) is 4. The number of thiophene rings is 1. The van der Waals surface area contributed by atoms with E-state index in [9.17, 15) is 13.2 Å². The summed E-state index contributed by atoms with van der Waals surface area (Å²) in [4.78, 5) is 15.6. The van der Waals surface area contributed by atoms with Gasteiger partial charge in [-0.05, 0) is 61.4 Å². The first-order chi connectivity index (χ1) is 12.0. The molecular formula is C18H20N2O3S2. The van der Waals surface area contributed by atoms with E-state index in [0.29, 0.717) is 13.0 Å². The van der Waals surface area contributed by atoms with Gasteiger partial charge in [-0.15, -0.1) is 11.3 Å². The number of anilines is 1.